The number of nitrogens with two attached hydrogens (primary N) is 1. The summed E-state index contributed by atoms with van der Waals surface area (Å²) < 4.78 is 13.2. The Balaban J connectivity index is 2.19. The molecule has 19 heavy (non-hydrogen) atoms. The Bertz CT molecular complexity index is 647. The number of pyridine rings is 1. The standard InChI is InChI=1S/C13H12FN3O2/c14-11-3-2-10(5-9(11)6-15)17-13(19)8-1-4-12(18)16-7-8/h1-5,7H,6,15H2,(H,16,18)(H,17,19). The lowest BCUT2D eigenvalue weighted by atomic mass is 10.2. The van der Waals surface area contributed by atoms with Crippen molar-refractivity contribution in [3.8, 4) is 0 Å². The molecule has 5 nitrogen and oxygen atoms in total. The summed E-state index contributed by atoms with van der Waals surface area (Å²) in [6.45, 7) is 0.0498. The van der Waals surface area contributed by atoms with Crippen LogP contribution in [0.15, 0.2) is 41.3 Å². The average Bonchev–Trinajstić information content (AvgIpc) is 2.41. The molecule has 0 bridgehead atoms. The van der Waals surface area contributed by atoms with E-state index in [2.05, 4.69) is 10.3 Å². The maximum Gasteiger partial charge on any atom is 0.257 e. The number of benzene rings is 1. The molecule has 0 saturated carbocycles. The number of aromatic amines is 1. The molecular weight excluding hydrogens is 249 g/mol. The number of hydrogen-bond acceptors (Lipinski definition) is 3. The third kappa shape index (κ3) is 3.05. The van der Waals surface area contributed by atoms with Gasteiger partial charge in [0, 0.05) is 30.1 Å². The third-order valence-electron chi connectivity index (χ3n) is 2.57. The van der Waals surface area contributed by atoms with E-state index in [-0.39, 0.29) is 12.1 Å². The number of H-pyrrole nitrogens is 1. The molecular formula is C13H12FN3O2. The molecule has 1 amide bonds. The molecule has 0 spiro atoms. The van der Waals surface area contributed by atoms with Gasteiger partial charge in [-0.1, -0.05) is 0 Å². The number of carbonyl (C=O) groups excluding carboxylic acids is 1. The quantitative estimate of drug-likeness (QED) is 0.776. The lowest BCUT2D eigenvalue weighted by Crippen LogP contribution is -2.15. The highest BCUT2D eigenvalue weighted by Gasteiger charge is 2.08. The van der Waals surface area contributed by atoms with Gasteiger partial charge in [-0.2, -0.15) is 0 Å². The Labute approximate surface area is 108 Å². The highest BCUT2D eigenvalue weighted by Crippen LogP contribution is 2.15. The summed E-state index contributed by atoms with van der Waals surface area (Å²) in [7, 11) is 0. The zero-order valence-electron chi connectivity index (χ0n) is 9.94. The van der Waals surface area contributed by atoms with E-state index in [9.17, 15) is 14.0 Å². The summed E-state index contributed by atoms with van der Waals surface area (Å²) in [5.74, 6) is -0.810. The van der Waals surface area contributed by atoms with Gasteiger partial charge in [-0.15, -0.1) is 0 Å². The van der Waals surface area contributed by atoms with Crippen LogP contribution in [0.25, 0.3) is 0 Å². The molecule has 98 valence electrons. The monoisotopic (exact) mass is 261 g/mol. The smallest absolute Gasteiger partial charge is 0.257 e. The number of rotatable bonds is 3. The Morgan fingerprint density at radius 3 is 2.74 bits per heavy atom. The summed E-state index contributed by atoms with van der Waals surface area (Å²) in [6.07, 6.45) is 1.31. The fourth-order valence-corrected chi connectivity index (χ4v) is 1.56. The Morgan fingerprint density at radius 1 is 1.32 bits per heavy atom. The van der Waals surface area contributed by atoms with Crippen LogP contribution >= 0.6 is 0 Å². The summed E-state index contributed by atoms with van der Waals surface area (Å²) in [5, 5.41) is 2.60. The molecule has 0 aliphatic rings. The van der Waals surface area contributed by atoms with Crippen LogP contribution in [-0.2, 0) is 6.54 Å². The molecule has 0 unspecified atom stereocenters. The Kier molecular flexibility index (Phi) is 3.72. The molecule has 0 radical (unpaired) electrons. The van der Waals surface area contributed by atoms with E-state index < -0.39 is 11.7 Å². The van der Waals surface area contributed by atoms with E-state index in [1.165, 1.54) is 36.5 Å². The van der Waals surface area contributed by atoms with Gasteiger partial charge in [0.05, 0.1) is 5.56 Å². The minimum absolute atomic E-state index is 0.0498. The van der Waals surface area contributed by atoms with Gasteiger partial charge in [-0.3, -0.25) is 9.59 Å². The van der Waals surface area contributed by atoms with Crippen molar-refractivity contribution < 1.29 is 9.18 Å². The van der Waals surface area contributed by atoms with Crippen molar-refractivity contribution in [3.05, 3.63) is 63.8 Å². The molecule has 0 aliphatic heterocycles. The Hall–Kier alpha value is -2.47. The number of hydrogen-bond donors (Lipinski definition) is 3. The molecule has 2 rings (SSSR count). The van der Waals surface area contributed by atoms with Gasteiger partial charge >= 0.3 is 0 Å². The van der Waals surface area contributed by atoms with Crippen molar-refractivity contribution >= 4 is 11.6 Å². The second kappa shape index (κ2) is 5.45. The van der Waals surface area contributed by atoms with Crippen LogP contribution in [0.3, 0.4) is 0 Å². The Morgan fingerprint density at radius 2 is 2.11 bits per heavy atom. The van der Waals surface area contributed by atoms with Gasteiger partial charge in [0.1, 0.15) is 5.82 Å². The van der Waals surface area contributed by atoms with E-state index in [0.29, 0.717) is 16.8 Å². The van der Waals surface area contributed by atoms with Crippen molar-refractivity contribution in [3.63, 3.8) is 0 Å². The zero-order chi connectivity index (χ0) is 13.8. The van der Waals surface area contributed by atoms with Gasteiger partial charge in [0.25, 0.3) is 5.91 Å². The molecule has 2 aromatic rings. The zero-order valence-corrected chi connectivity index (χ0v) is 9.94. The highest BCUT2D eigenvalue weighted by molar-refractivity contribution is 6.04. The van der Waals surface area contributed by atoms with Crippen LogP contribution in [-0.4, -0.2) is 10.9 Å². The maximum atomic E-state index is 13.2. The second-order valence-corrected chi connectivity index (χ2v) is 3.91. The van der Waals surface area contributed by atoms with Crippen LogP contribution in [0.1, 0.15) is 15.9 Å². The minimum Gasteiger partial charge on any atom is -0.328 e. The van der Waals surface area contributed by atoms with Crippen LogP contribution < -0.4 is 16.6 Å². The number of carbonyl (C=O) groups is 1. The van der Waals surface area contributed by atoms with Gasteiger partial charge in [0.2, 0.25) is 5.56 Å². The van der Waals surface area contributed by atoms with Crippen LogP contribution in [0.4, 0.5) is 10.1 Å². The molecule has 1 heterocycles. The number of aromatic nitrogens is 1. The second-order valence-electron chi connectivity index (χ2n) is 3.91. The highest BCUT2D eigenvalue weighted by atomic mass is 19.1. The van der Waals surface area contributed by atoms with Crippen LogP contribution in [0, 0.1) is 5.82 Å². The first-order valence-corrected chi connectivity index (χ1v) is 5.59. The predicted molar refractivity (Wildman–Crippen MR) is 69.3 cm³/mol. The molecule has 0 atom stereocenters. The lowest BCUT2D eigenvalue weighted by Gasteiger charge is -2.07. The van der Waals surface area contributed by atoms with Crippen molar-refractivity contribution in [2.45, 2.75) is 6.54 Å². The predicted octanol–water partition coefficient (Wildman–Crippen LogP) is 1.22. The van der Waals surface area contributed by atoms with Crippen LogP contribution in [0.5, 0.6) is 0 Å². The average molecular weight is 261 g/mol. The number of nitrogens with one attached hydrogen (secondary N) is 2. The fraction of sp³-hybridized carbons (Fsp3) is 0.0769. The van der Waals surface area contributed by atoms with Gasteiger partial charge in [-0.05, 0) is 24.3 Å². The third-order valence-corrected chi connectivity index (χ3v) is 2.57. The first-order chi connectivity index (χ1) is 9.10. The maximum absolute atomic E-state index is 13.2. The molecule has 4 N–H and O–H groups in total. The summed E-state index contributed by atoms with van der Waals surface area (Å²) in [5.41, 5.74) is 6.16. The molecule has 0 aliphatic carbocycles. The summed E-state index contributed by atoms with van der Waals surface area (Å²) in [6, 6.07) is 6.81. The van der Waals surface area contributed by atoms with E-state index >= 15 is 0 Å². The number of halogens is 1. The lowest BCUT2D eigenvalue weighted by molar-refractivity contribution is 0.102. The van der Waals surface area contributed by atoms with Crippen molar-refractivity contribution in [2.24, 2.45) is 5.73 Å². The molecule has 6 heteroatoms. The SMILES string of the molecule is NCc1cc(NC(=O)c2ccc(=O)[nH]c2)ccc1F. The molecule has 0 fully saturated rings. The van der Waals surface area contributed by atoms with E-state index in [4.69, 9.17) is 5.73 Å². The number of anilines is 1. The van der Waals surface area contributed by atoms with Gasteiger partial charge < -0.3 is 16.0 Å². The number of amides is 1. The van der Waals surface area contributed by atoms with Crippen molar-refractivity contribution in [1.82, 2.24) is 4.98 Å². The van der Waals surface area contributed by atoms with Gasteiger partial charge in [0.15, 0.2) is 0 Å². The topological polar surface area (TPSA) is 88.0 Å². The fourth-order valence-electron chi connectivity index (χ4n) is 1.56. The molecule has 1 aromatic heterocycles. The summed E-state index contributed by atoms with van der Waals surface area (Å²) in [4.78, 5) is 25.1. The first-order valence-electron chi connectivity index (χ1n) is 5.59. The molecule has 0 saturated heterocycles. The minimum atomic E-state index is -0.412. The first kappa shape index (κ1) is 13.0. The van der Waals surface area contributed by atoms with Crippen LogP contribution in [0.2, 0.25) is 0 Å². The molecule has 1 aromatic carbocycles. The van der Waals surface area contributed by atoms with Crippen molar-refractivity contribution in [2.75, 3.05) is 5.32 Å². The normalized spacial score (nSPS) is 10.2. The van der Waals surface area contributed by atoms with E-state index in [1.807, 2.05) is 0 Å². The van der Waals surface area contributed by atoms with Gasteiger partial charge in [-0.25, -0.2) is 4.39 Å². The van der Waals surface area contributed by atoms with Crippen molar-refractivity contribution in [1.29, 1.82) is 0 Å². The largest absolute Gasteiger partial charge is 0.328 e. The summed E-state index contributed by atoms with van der Waals surface area (Å²) >= 11 is 0. The van der Waals surface area contributed by atoms with E-state index in [0.717, 1.165) is 0 Å². The van der Waals surface area contributed by atoms with E-state index in [1.54, 1.807) is 0 Å².